The fourth-order valence-corrected chi connectivity index (χ4v) is 2.92. The quantitative estimate of drug-likeness (QED) is 0.812. The predicted octanol–water partition coefficient (Wildman–Crippen LogP) is 1.93. The number of methoxy groups -OCH3 is 2. The zero-order chi connectivity index (χ0) is 19.4. The van der Waals surface area contributed by atoms with Crippen LogP contribution in [-0.4, -0.2) is 49.5 Å². The van der Waals surface area contributed by atoms with E-state index in [0.29, 0.717) is 24.5 Å². The lowest BCUT2D eigenvalue weighted by Gasteiger charge is -2.22. The summed E-state index contributed by atoms with van der Waals surface area (Å²) in [5.41, 5.74) is 2.65. The van der Waals surface area contributed by atoms with Gasteiger partial charge in [-0.15, -0.1) is 0 Å². The van der Waals surface area contributed by atoms with Crippen LogP contribution in [0.5, 0.6) is 11.5 Å². The number of ether oxygens (including phenoxy) is 2. The first-order valence-corrected chi connectivity index (χ1v) is 8.41. The monoisotopic (exact) mass is 368 g/mol. The van der Waals surface area contributed by atoms with E-state index in [-0.39, 0.29) is 11.5 Å². The first-order valence-electron chi connectivity index (χ1n) is 8.41. The van der Waals surface area contributed by atoms with E-state index in [9.17, 15) is 9.59 Å². The third-order valence-electron chi connectivity index (χ3n) is 4.39. The lowest BCUT2D eigenvalue weighted by molar-refractivity contribution is -0.122. The molecular formula is C20H20N2O5. The Hall–Kier alpha value is -3.35. The largest absolute Gasteiger partial charge is 0.493 e. The average Bonchev–Trinajstić information content (AvgIpc) is 2.69. The zero-order valence-electron chi connectivity index (χ0n) is 15.1. The zero-order valence-corrected chi connectivity index (χ0v) is 15.1. The smallest absolute Gasteiger partial charge is 0.335 e. The Balaban J connectivity index is 1.84. The molecule has 2 aromatic rings. The molecule has 140 valence electrons. The summed E-state index contributed by atoms with van der Waals surface area (Å²) < 4.78 is 10.6. The van der Waals surface area contributed by atoms with Crippen LogP contribution in [0.1, 0.15) is 21.5 Å². The Morgan fingerprint density at radius 2 is 1.85 bits per heavy atom. The van der Waals surface area contributed by atoms with E-state index in [4.69, 9.17) is 14.6 Å². The van der Waals surface area contributed by atoms with Gasteiger partial charge >= 0.3 is 5.97 Å². The molecule has 1 amide bonds. The predicted molar refractivity (Wildman–Crippen MR) is 100.0 cm³/mol. The second-order valence-electron chi connectivity index (χ2n) is 6.09. The van der Waals surface area contributed by atoms with Crippen LogP contribution in [0, 0.1) is 0 Å². The molecule has 0 bridgehead atoms. The van der Waals surface area contributed by atoms with Gasteiger partial charge in [-0.05, 0) is 35.9 Å². The maximum Gasteiger partial charge on any atom is 0.335 e. The second kappa shape index (κ2) is 7.90. The number of rotatable bonds is 6. The van der Waals surface area contributed by atoms with Crippen molar-refractivity contribution < 1.29 is 24.2 Å². The molecule has 7 nitrogen and oxygen atoms in total. The van der Waals surface area contributed by atoms with E-state index in [1.807, 2.05) is 12.1 Å². The van der Waals surface area contributed by atoms with Crippen molar-refractivity contribution in [1.82, 2.24) is 5.32 Å². The summed E-state index contributed by atoms with van der Waals surface area (Å²) in [6.45, 7) is 0.336. The van der Waals surface area contributed by atoms with Crippen LogP contribution in [-0.2, 0) is 11.2 Å². The molecule has 0 fully saturated rings. The highest BCUT2D eigenvalue weighted by Gasteiger charge is 2.24. The number of aliphatic imine (C=N–C) groups is 1. The Bertz CT molecular complexity index is 890. The van der Waals surface area contributed by atoms with Gasteiger partial charge in [0.15, 0.2) is 11.5 Å². The summed E-state index contributed by atoms with van der Waals surface area (Å²) in [5.74, 6) is 0.0828. The summed E-state index contributed by atoms with van der Waals surface area (Å²) in [7, 11) is 3.14. The van der Waals surface area contributed by atoms with Crippen LogP contribution in [0.2, 0.25) is 0 Å². The van der Waals surface area contributed by atoms with Crippen LogP contribution >= 0.6 is 0 Å². The minimum Gasteiger partial charge on any atom is -0.493 e. The van der Waals surface area contributed by atoms with E-state index in [0.717, 1.165) is 16.8 Å². The van der Waals surface area contributed by atoms with Crippen molar-refractivity contribution in [2.24, 2.45) is 4.99 Å². The molecule has 2 N–H and O–H groups in total. The first-order chi connectivity index (χ1) is 13.0. The van der Waals surface area contributed by atoms with E-state index >= 15 is 0 Å². The normalized spacial score (nSPS) is 16.3. The van der Waals surface area contributed by atoms with Crippen molar-refractivity contribution in [2.75, 3.05) is 20.8 Å². The molecule has 1 heterocycles. The third kappa shape index (κ3) is 4.08. The Labute approximate surface area is 156 Å². The number of carboxylic acids is 1. The van der Waals surface area contributed by atoms with Crippen LogP contribution in [0.4, 0.5) is 0 Å². The molecule has 0 radical (unpaired) electrons. The Morgan fingerprint density at radius 3 is 2.48 bits per heavy atom. The summed E-state index contributed by atoms with van der Waals surface area (Å²) in [6.07, 6.45) is 0.391. The van der Waals surface area contributed by atoms with E-state index in [1.54, 1.807) is 32.4 Å². The maximum atomic E-state index is 12.2. The number of carbonyl (C=O) groups is 2. The van der Waals surface area contributed by atoms with Gasteiger partial charge in [0, 0.05) is 12.0 Å². The molecule has 1 aliphatic heterocycles. The number of nitrogens with zero attached hydrogens (tertiary/aromatic N) is 1. The molecule has 2 aromatic carbocycles. The van der Waals surface area contributed by atoms with E-state index in [1.165, 1.54) is 12.1 Å². The maximum absolute atomic E-state index is 12.2. The van der Waals surface area contributed by atoms with Gasteiger partial charge in [0.05, 0.1) is 32.0 Å². The molecule has 7 heteroatoms. The van der Waals surface area contributed by atoms with Crippen LogP contribution < -0.4 is 14.8 Å². The third-order valence-corrected chi connectivity index (χ3v) is 4.39. The number of hydrogen-bond acceptors (Lipinski definition) is 5. The fraction of sp³-hybridized carbons (Fsp3) is 0.250. The summed E-state index contributed by atoms with van der Waals surface area (Å²) in [6, 6.07) is 11.4. The van der Waals surface area contributed by atoms with Crippen molar-refractivity contribution in [3.63, 3.8) is 0 Å². The van der Waals surface area contributed by atoms with Crippen molar-refractivity contribution in [3.8, 4) is 11.5 Å². The van der Waals surface area contributed by atoms with Crippen molar-refractivity contribution in [3.05, 3.63) is 59.2 Å². The number of nitrogens with one attached hydrogen (secondary N) is 1. The standard InChI is InChI=1S/C20H20N2O5/c1-26-17-8-7-14(10-18(17)27-2)16-11-21-19(23)15(22-16)9-12-3-5-13(6-4-12)20(24)25/h3-8,10,15H,9,11H2,1-2H3,(H,21,23)(H,24,25). The number of amides is 1. The molecule has 0 spiro atoms. The van der Waals surface area contributed by atoms with Gasteiger partial charge < -0.3 is 19.9 Å². The van der Waals surface area contributed by atoms with Crippen molar-refractivity contribution in [1.29, 1.82) is 0 Å². The topological polar surface area (TPSA) is 97.2 Å². The number of benzene rings is 2. The highest BCUT2D eigenvalue weighted by atomic mass is 16.5. The minimum absolute atomic E-state index is 0.151. The van der Waals surface area contributed by atoms with Crippen LogP contribution in [0.25, 0.3) is 0 Å². The molecule has 0 saturated heterocycles. The molecular weight excluding hydrogens is 348 g/mol. The van der Waals surface area contributed by atoms with Crippen molar-refractivity contribution >= 4 is 17.6 Å². The molecule has 27 heavy (non-hydrogen) atoms. The van der Waals surface area contributed by atoms with Gasteiger partial charge in [0.2, 0.25) is 5.91 Å². The number of carbonyl (C=O) groups excluding carboxylic acids is 1. The van der Waals surface area contributed by atoms with Crippen LogP contribution in [0.3, 0.4) is 0 Å². The number of aromatic carboxylic acids is 1. The number of carboxylic acid groups (broad SMARTS) is 1. The van der Waals surface area contributed by atoms with Gasteiger partial charge in [-0.3, -0.25) is 9.79 Å². The molecule has 1 aliphatic rings. The lowest BCUT2D eigenvalue weighted by atomic mass is 10.0. The Kier molecular flexibility index (Phi) is 5.40. The minimum atomic E-state index is -0.981. The molecule has 0 saturated carbocycles. The Morgan fingerprint density at radius 1 is 1.15 bits per heavy atom. The molecule has 0 aliphatic carbocycles. The van der Waals surface area contributed by atoms with Gasteiger partial charge in [0.25, 0.3) is 0 Å². The molecule has 1 atom stereocenters. The van der Waals surface area contributed by atoms with Gasteiger partial charge in [0.1, 0.15) is 6.04 Å². The van der Waals surface area contributed by atoms with Gasteiger partial charge in [-0.2, -0.15) is 0 Å². The fourth-order valence-electron chi connectivity index (χ4n) is 2.92. The van der Waals surface area contributed by atoms with E-state index in [2.05, 4.69) is 10.3 Å². The lowest BCUT2D eigenvalue weighted by Crippen LogP contribution is -2.43. The van der Waals surface area contributed by atoms with Gasteiger partial charge in [-0.1, -0.05) is 12.1 Å². The summed E-state index contributed by atoms with van der Waals surface area (Å²) >= 11 is 0. The second-order valence-corrected chi connectivity index (χ2v) is 6.09. The number of hydrogen-bond donors (Lipinski definition) is 2. The molecule has 1 unspecified atom stereocenters. The SMILES string of the molecule is COc1ccc(C2=NC(Cc3ccc(C(=O)O)cc3)C(=O)NC2)cc1OC. The highest BCUT2D eigenvalue weighted by molar-refractivity contribution is 6.07. The highest BCUT2D eigenvalue weighted by Crippen LogP contribution is 2.28. The average molecular weight is 368 g/mol. The first kappa shape index (κ1) is 18.4. The molecule has 0 aromatic heterocycles. The van der Waals surface area contributed by atoms with E-state index < -0.39 is 12.0 Å². The molecule has 3 rings (SSSR count). The summed E-state index contributed by atoms with van der Waals surface area (Å²) in [5, 5.41) is 11.8. The summed E-state index contributed by atoms with van der Waals surface area (Å²) in [4.78, 5) is 27.8. The van der Waals surface area contributed by atoms with Crippen LogP contribution in [0.15, 0.2) is 47.5 Å². The van der Waals surface area contributed by atoms with Crippen molar-refractivity contribution in [2.45, 2.75) is 12.5 Å². The van der Waals surface area contributed by atoms with Gasteiger partial charge in [-0.25, -0.2) is 4.79 Å².